The van der Waals surface area contributed by atoms with E-state index in [4.69, 9.17) is 0 Å². The van der Waals surface area contributed by atoms with E-state index in [9.17, 15) is 26.0 Å². The largest absolute Gasteiger partial charge is 0.419 e. The average molecular weight is 354 g/mol. The van der Waals surface area contributed by atoms with Crippen molar-refractivity contribution >= 4 is 10.0 Å². The second-order valence-electron chi connectivity index (χ2n) is 5.54. The number of nitrogens with one attached hydrogen (secondary N) is 2. The van der Waals surface area contributed by atoms with Gasteiger partial charge in [0.25, 0.3) is 0 Å². The molecule has 0 bridgehead atoms. The van der Waals surface area contributed by atoms with E-state index in [1.54, 1.807) is 0 Å². The minimum Gasteiger partial charge on any atom is -0.316 e. The maximum atomic E-state index is 13.5. The minimum atomic E-state index is -4.85. The van der Waals surface area contributed by atoms with Gasteiger partial charge in [0.2, 0.25) is 10.0 Å². The molecule has 1 aliphatic heterocycles. The van der Waals surface area contributed by atoms with E-state index in [2.05, 4.69) is 10.0 Å². The molecule has 130 valence electrons. The Kier molecular flexibility index (Phi) is 5.64. The topological polar surface area (TPSA) is 58.2 Å². The summed E-state index contributed by atoms with van der Waals surface area (Å²) in [7, 11) is -4.02. The molecule has 0 spiro atoms. The van der Waals surface area contributed by atoms with Crippen LogP contribution in [0.5, 0.6) is 0 Å². The van der Waals surface area contributed by atoms with Crippen LogP contribution in [0.25, 0.3) is 0 Å². The van der Waals surface area contributed by atoms with Gasteiger partial charge in [-0.25, -0.2) is 17.5 Å². The third kappa shape index (κ3) is 4.89. The van der Waals surface area contributed by atoms with Crippen molar-refractivity contribution in [3.05, 3.63) is 29.6 Å². The Bertz CT molecular complexity index is 641. The quantitative estimate of drug-likeness (QED) is 0.799. The van der Waals surface area contributed by atoms with Crippen LogP contribution >= 0.6 is 0 Å². The minimum absolute atomic E-state index is 0.164. The lowest BCUT2D eigenvalue weighted by Crippen LogP contribution is -2.33. The zero-order chi connectivity index (χ0) is 17.1. The van der Waals surface area contributed by atoms with Crippen LogP contribution in [0.4, 0.5) is 17.6 Å². The summed E-state index contributed by atoms with van der Waals surface area (Å²) in [5.41, 5.74) is -1.48. The number of hydrogen-bond donors (Lipinski definition) is 2. The average Bonchev–Trinajstić information content (AvgIpc) is 2.46. The normalized spacial score (nSPS) is 19.7. The van der Waals surface area contributed by atoms with Crippen LogP contribution < -0.4 is 10.0 Å². The molecular formula is C14H18F4N2O2S. The zero-order valence-electron chi connectivity index (χ0n) is 12.3. The smallest absolute Gasteiger partial charge is 0.316 e. The van der Waals surface area contributed by atoms with E-state index in [1.807, 2.05) is 0 Å². The van der Waals surface area contributed by atoms with E-state index in [0.717, 1.165) is 32.0 Å². The van der Waals surface area contributed by atoms with Crippen molar-refractivity contribution in [3.63, 3.8) is 0 Å². The first-order valence-electron chi connectivity index (χ1n) is 7.27. The van der Waals surface area contributed by atoms with Crippen LogP contribution in [0.1, 0.15) is 24.8 Å². The van der Waals surface area contributed by atoms with Crippen molar-refractivity contribution in [3.8, 4) is 0 Å². The molecule has 0 radical (unpaired) electrons. The first-order chi connectivity index (χ1) is 10.7. The van der Waals surface area contributed by atoms with E-state index < -0.39 is 32.5 Å². The third-order valence-corrected chi connectivity index (χ3v) is 5.26. The number of benzene rings is 1. The van der Waals surface area contributed by atoms with E-state index in [-0.39, 0.29) is 6.54 Å². The highest BCUT2D eigenvalue weighted by molar-refractivity contribution is 7.89. The molecule has 1 atom stereocenters. The van der Waals surface area contributed by atoms with Gasteiger partial charge in [-0.1, -0.05) is 0 Å². The number of alkyl halides is 3. The Balaban J connectivity index is 2.00. The fraction of sp³-hybridized carbons (Fsp3) is 0.571. The monoisotopic (exact) mass is 354 g/mol. The summed E-state index contributed by atoms with van der Waals surface area (Å²) in [6.07, 6.45) is -2.20. The second kappa shape index (κ2) is 7.14. The number of rotatable bonds is 5. The lowest BCUT2D eigenvalue weighted by Gasteiger charge is -2.22. The maximum Gasteiger partial charge on any atom is 0.419 e. The Morgan fingerprint density at radius 3 is 2.61 bits per heavy atom. The Hall–Kier alpha value is -1.19. The van der Waals surface area contributed by atoms with Crippen molar-refractivity contribution < 1.29 is 26.0 Å². The molecule has 1 aromatic carbocycles. The van der Waals surface area contributed by atoms with E-state index >= 15 is 0 Å². The lowest BCUT2D eigenvalue weighted by molar-refractivity contribution is -0.140. The summed E-state index contributed by atoms with van der Waals surface area (Å²) >= 11 is 0. The van der Waals surface area contributed by atoms with Crippen LogP contribution in [-0.2, 0) is 16.2 Å². The van der Waals surface area contributed by atoms with Gasteiger partial charge in [0.15, 0.2) is 0 Å². The summed E-state index contributed by atoms with van der Waals surface area (Å²) in [6.45, 7) is 1.93. The molecule has 23 heavy (non-hydrogen) atoms. The zero-order valence-corrected chi connectivity index (χ0v) is 13.1. The highest BCUT2D eigenvalue weighted by atomic mass is 32.2. The SMILES string of the molecule is O=S(=O)(NCCC1CCCNC1)c1ccc(C(F)(F)F)c(F)c1. The van der Waals surface area contributed by atoms with Crippen LogP contribution in [0, 0.1) is 11.7 Å². The molecule has 1 unspecified atom stereocenters. The molecule has 2 N–H and O–H groups in total. The molecule has 1 aliphatic rings. The fourth-order valence-electron chi connectivity index (χ4n) is 2.54. The first kappa shape index (κ1) is 18.2. The van der Waals surface area contributed by atoms with Crippen molar-refractivity contribution in [2.75, 3.05) is 19.6 Å². The molecule has 0 saturated carbocycles. The molecule has 0 aliphatic carbocycles. The number of sulfonamides is 1. The molecule has 1 saturated heterocycles. The van der Waals surface area contributed by atoms with Gasteiger partial charge in [0, 0.05) is 6.54 Å². The lowest BCUT2D eigenvalue weighted by atomic mass is 9.96. The predicted octanol–water partition coefficient (Wildman–Crippen LogP) is 2.51. The Labute approximate surface area is 132 Å². The van der Waals surface area contributed by atoms with Gasteiger partial charge in [-0.05, 0) is 56.5 Å². The number of piperidine rings is 1. The number of halogens is 4. The molecule has 4 nitrogen and oxygen atoms in total. The van der Waals surface area contributed by atoms with Gasteiger partial charge in [0.1, 0.15) is 5.82 Å². The van der Waals surface area contributed by atoms with Crippen LogP contribution in [0.15, 0.2) is 23.1 Å². The van der Waals surface area contributed by atoms with Gasteiger partial charge >= 0.3 is 6.18 Å². The van der Waals surface area contributed by atoms with Crippen molar-refractivity contribution in [2.45, 2.75) is 30.3 Å². The number of hydrogen-bond acceptors (Lipinski definition) is 3. The fourth-order valence-corrected chi connectivity index (χ4v) is 3.60. The first-order valence-corrected chi connectivity index (χ1v) is 8.75. The van der Waals surface area contributed by atoms with Gasteiger partial charge < -0.3 is 5.32 Å². The summed E-state index contributed by atoms with van der Waals surface area (Å²) < 4.78 is 77.2. The highest BCUT2D eigenvalue weighted by Crippen LogP contribution is 2.32. The van der Waals surface area contributed by atoms with Crippen molar-refractivity contribution in [1.82, 2.24) is 10.0 Å². The highest BCUT2D eigenvalue weighted by Gasteiger charge is 2.34. The van der Waals surface area contributed by atoms with E-state index in [0.29, 0.717) is 24.5 Å². The molecule has 0 amide bonds. The summed E-state index contributed by atoms with van der Waals surface area (Å²) in [5.74, 6) is -1.24. The van der Waals surface area contributed by atoms with Gasteiger partial charge in [-0.3, -0.25) is 0 Å². The van der Waals surface area contributed by atoms with Gasteiger partial charge in [-0.2, -0.15) is 13.2 Å². The van der Waals surface area contributed by atoms with Crippen LogP contribution in [0.2, 0.25) is 0 Å². The standard InChI is InChI=1S/C14H18F4N2O2S/c15-13-8-11(3-4-12(13)14(16,17)18)23(21,22)20-7-5-10-2-1-6-19-9-10/h3-4,8,10,19-20H,1-2,5-7,9H2. The van der Waals surface area contributed by atoms with Gasteiger partial charge in [-0.15, -0.1) is 0 Å². The van der Waals surface area contributed by atoms with Gasteiger partial charge in [0.05, 0.1) is 10.5 Å². The molecule has 1 aromatic rings. The second-order valence-corrected chi connectivity index (χ2v) is 7.31. The summed E-state index contributed by atoms with van der Waals surface area (Å²) in [6, 6.07) is 1.60. The molecule has 9 heteroatoms. The predicted molar refractivity (Wildman–Crippen MR) is 76.8 cm³/mol. The maximum absolute atomic E-state index is 13.5. The Morgan fingerprint density at radius 2 is 2.04 bits per heavy atom. The molecule has 0 aromatic heterocycles. The van der Waals surface area contributed by atoms with Crippen LogP contribution in [-0.4, -0.2) is 28.1 Å². The van der Waals surface area contributed by atoms with Crippen LogP contribution in [0.3, 0.4) is 0 Å². The summed E-state index contributed by atoms with van der Waals surface area (Å²) in [4.78, 5) is -0.509. The van der Waals surface area contributed by atoms with Crippen molar-refractivity contribution in [1.29, 1.82) is 0 Å². The molecule has 1 fully saturated rings. The molecular weight excluding hydrogens is 336 g/mol. The van der Waals surface area contributed by atoms with E-state index in [1.165, 1.54) is 0 Å². The van der Waals surface area contributed by atoms with Crippen molar-refractivity contribution in [2.24, 2.45) is 5.92 Å². The molecule has 1 heterocycles. The third-order valence-electron chi connectivity index (χ3n) is 3.80. The summed E-state index contributed by atoms with van der Waals surface area (Å²) in [5, 5.41) is 3.21. The Morgan fingerprint density at radius 1 is 1.30 bits per heavy atom. The molecule has 2 rings (SSSR count).